The fraction of sp³-hybridized carbons (Fsp3) is 0.500. The highest BCUT2D eigenvalue weighted by Gasteiger charge is 2.40. The van der Waals surface area contributed by atoms with Gasteiger partial charge >= 0.3 is 12.0 Å². The van der Waals surface area contributed by atoms with Crippen molar-refractivity contribution in [3.63, 3.8) is 0 Å². The minimum atomic E-state index is -3.03. The molecule has 0 saturated carbocycles. The number of nitrogens with zero attached hydrogens (tertiary/aromatic N) is 2. The van der Waals surface area contributed by atoms with Gasteiger partial charge in [-0.3, -0.25) is 0 Å². The molecule has 2 N–H and O–H groups in total. The van der Waals surface area contributed by atoms with E-state index in [9.17, 15) is 18.1 Å². The summed E-state index contributed by atoms with van der Waals surface area (Å²) in [5.74, 6) is -2.69. The standard InChI is InChI=1S/C20H22F2N4O3S/c1-11-5-6-13-7-12-3-2-4-14(12)17(16(11)13)24-19(27)25-30(28)15-8-23-26-9-20(21,22)10-29-18(15)26/h7-8,11H,2-6,9-10H2,1H3,(H2,24,25,27). The van der Waals surface area contributed by atoms with E-state index in [0.717, 1.165) is 48.0 Å². The first-order valence-corrected chi connectivity index (χ1v) is 11.2. The number of anilines is 1. The number of carbonyl (C=O) groups is 1. The fourth-order valence-electron chi connectivity index (χ4n) is 4.71. The maximum atomic E-state index is 13.5. The second-order valence-corrected chi connectivity index (χ2v) is 9.38. The van der Waals surface area contributed by atoms with Crippen LogP contribution in [0.2, 0.25) is 0 Å². The molecule has 0 bridgehead atoms. The monoisotopic (exact) mass is 436 g/mol. The van der Waals surface area contributed by atoms with Gasteiger partial charge in [0, 0.05) is 5.69 Å². The summed E-state index contributed by atoms with van der Waals surface area (Å²) in [6, 6.07) is 1.67. The van der Waals surface area contributed by atoms with Crippen LogP contribution in [-0.4, -0.2) is 32.9 Å². The zero-order valence-electron chi connectivity index (χ0n) is 16.5. The SMILES string of the molecule is CC1CCc2cc3c(c(NC(=O)N[S+]([O-])c4cnn5c4OCC(F)(F)C5)c21)CCC3. The van der Waals surface area contributed by atoms with Crippen molar-refractivity contribution in [2.45, 2.75) is 62.3 Å². The first kappa shape index (κ1) is 19.6. The Kier molecular flexibility index (Phi) is 4.66. The zero-order valence-corrected chi connectivity index (χ0v) is 17.3. The highest BCUT2D eigenvalue weighted by molar-refractivity contribution is 7.90. The number of aryl methyl sites for hydroxylation is 2. The third kappa shape index (κ3) is 3.31. The summed E-state index contributed by atoms with van der Waals surface area (Å²) in [5.41, 5.74) is 5.73. The molecule has 3 aliphatic rings. The molecule has 0 fully saturated rings. The average molecular weight is 436 g/mol. The van der Waals surface area contributed by atoms with Gasteiger partial charge in [0.25, 0.3) is 10.8 Å². The lowest BCUT2D eigenvalue weighted by Crippen LogP contribution is -2.38. The van der Waals surface area contributed by atoms with E-state index in [1.165, 1.54) is 22.9 Å². The molecule has 160 valence electrons. The van der Waals surface area contributed by atoms with Gasteiger partial charge in [-0.1, -0.05) is 13.0 Å². The van der Waals surface area contributed by atoms with Gasteiger partial charge in [-0.2, -0.15) is 5.10 Å². The topological polar surface area (TPSA) is 91.2 Å². The predicted molar refractivity (Wildman–Crippen MR) is 106 cm³/mol. The summed E-state index contributed by atoms with van der Waals surface area (Å²) in [6.45, 7) is 0.696. The number of fused-ring (bicyclic) bond motifs is 3. The van der Waals surface area contributed by atoms with E-state index in [4.69, 9.17) is 4.74 Å². The Hall–Kier alpha value is -2.33. The van der Waals surface area contributed by atoms with Gasteiger partial charge in [-0.05, 0) is 60.3 Å². The van der Waals surface area contributed by atoms with E-state index in [-0.39, 0.29) is 10.8 Å². The largest absolute Gasteiger partial charge is 0.588 e. The van der Waals surface area contributed by atoms with Crippen molar-refractivity contribution in [2.24, 2.45) is 0 Å². The number of carbonyl (C=O) groups excluding carboxylic acids is 1. The van der Waals surface area contributed by atoms with E-state index < -0.39 is 36.5 Å². The van der Waals surface area contributed by atoms with E-state index in [0.29, 0.717) is 5.92 Å². The molecule has 2 heterocycles. The lowest BCUT2D eigenvalue weighted by atomic mass is 9.95. The normalized spacial score (nSPS) is 21.9. The predicted octanol–water partition coefficient (Wildman–Crippen LogP) is 3.29. The Labute approximate surface area is 175 Å². The summed E-state index contributed by atoms with van der Waals surface area (Å²) >= 11 is -1.99. The average Bonchev–Trinajstić information content (AvgIpc) is 3.39. The lowest BCUT2D eigenvalue weighted by molar-refractivity contribution is -0.0805. The van der Waals surface area contributed by atoms with Crippen molar-refractivity contribution in [3.8, 4) is 5.88 Å². The lowest BCUT2D eigenvalue weighted by Gasteiger charge is -2.23. The molecule has 30 heavy (non-hydrogen) atoms. The summed E-state index contributed by atoms with van der Waals surface area (Å²) in [4.78, 5) is 12.8. The fourth-order valence-corrected chi connectivity index (χ4v) is 5.51. The van der Waals surface area contributed by atoms with Gasteiger partial charge in [0.1, 0.15) is 24.1 Å². The second kappa shape index (κ2) is 7.12. The van der Waals surface area contributed by atoms with Crippen LogP contribution in [0.4, 0.5) is 19.3 Å². The number of nitrogens with one attached hydrogen (secondary N) is 2. The molecule has 0 saturated heterocycles. The van der Waals surface area contributed by atoms with Crippen molar-refractivity contribution in [3.05, 3.63) is 34.5 Å². The summed E-state index contributed by atoms with van der Waals surface area (Å²) in [7, 11) is 0. The van der Waals surface area contributed by atoms with E-state index in [1.807, 2.05) is 0 Å². The number of hydrogen-bond acceptors (Lipinski definition) is 4. The summed E-state index contributed by atoms with van der Waals surface area (Å²) in [6.07, 6.45) is 6.20. The molecule has 7 nitrogen and oxygen atoms in total. The number of ether oxygens (including phenoxy) is 1. The number of alkyl halides is 2. The number of hydrogen-bond donors (Lipinski definition) is 2. The van der Waals surface area contributed by atoms with Gasteiger partial charge in [-0.25, -0.2) is 18.3 Å². The van der Waals surface area contributed by atoms with Gasteiger partial charge in [0.05, 0.1) is 0 Å². The van der Waals surface area contributed by atoms with Gasteiger partial charge in [-0.15, -0.1) is 4.72 Å². The van der Waals surface area contributed by atoms with Crippen LogP contribution in [0.1, 0.15) is 47.9 Å². The first-order valence-electron chi connectivity index (χ1n) is 10.1. The number of aromatic nitrogens is 2. The smallest absolute Gasteiger partial charge is 0.361 e. The van der Waals surface area contributed by atoms with Crippen molar-refractivity contribution in [1.82, 2.24) is 14.5 Å². The first-order chi connectivity index (χ1) is 14.3. The third-order valence-corrected chi connectivity index (χ3v) is 7.10. The number of urea groups is 1. The Bertz CT molecular complexity index is 1030. The number of rotatable bonds is 3. The molecule has 2 aliphatic carbocycles. The Morgan fingerprint density at radius 2 is 2.20 bits per heavy atom. The molecular weight excluding hydrogens is 414 g/mol. The van der Waals surface area contributed by atoms with Crippen LogP contribution in [0.3, 0.4) is 0 Å². The maximum Gasteiger partial charge on any atom is 0.361 e. The third-order valence-electron chi connectivity index (χ3n) is 6.05. The molecule has 10 heteroatoms. The van der Waals surface area contributed by atoms with Crippen LogP contribution in [-0.2, 0) is 37.2 Å². The van der Waals surface area contributed by atoms with Crippen LogP contribution in [0.25, 0.3) is 0 Å². The number of halogens is 2. The van der Waals surface area contributed by atoms with Crippen molar-refractivity contribution in [1.29, 1.82) is 0 Å². The quantitative estimate of drug-likeness (QED) is 0.723. The molecule has 1 aromatic heterocycles. The van der Waals surface area contributed by atoms with Crippen molar-refractivity contribution < 1.29 is 22.9 Å². The van der Waals surface area contributed by atoms with Crippen LogP contribution in [0.5, 0.6) is 5.88 Å². The van der Waals surface area contributed by atoms with Crippen LogP contribution < -0.4 is 14.8 Å². The molecular formula is C20H22F2N4O3S. The van der Waals surface area contributed by atoms with E-state index in [2.05, 4.69) is 28.1 Å². The van der Waals surface area contributed by atoms with E-state index in [1.54, 1.807) is 0 Å². The zero-order chi connectivity index (χ0) is 21.0. The summed E-state index contributed by atoms with van der Waals surface area (Å²) in [5, 5.41) is 6.74. The molecule has 2 atom stereocenters. The second-order valence-electron chi connectivity index (χ2n) is 8.20. The van der Waals surface area contributed by atoms with Gasteiger partial charge in [0.2, 0.25) is 0 Å². The number of benzene rings is 1. The van der Waals surface area contributed by atoms with Crippen LogP contribution >= 0.6 is 0 Å². The highest BCUT2D eigenvalue weighted by Crippen LogP contribution is 2.43. The maximum absolute atomic E-state index is 13.5. The van der Waals surface area contributed by atoms with Gasteiger partial charge < -0.3 is 14.6 Å². The molecule has 1 aliphatic heterocycles. The number of amides is 2. The minimum absolute atomic E-state index is 0.00493. The van der Waals surface area contributed by atoms with E-state index >= 15 is 0 Å². The Morgan fingerprint density at radius 3 is 3.03 bits per heavy atom. The van der Waals surface area contributed by atoms with Crippen LogP contribution in [0, 0.1) is 0 Å². The molecule has 0 spiro atoms. The molecule has 1 aromatic carbocycles. The van der Waals surface area contributed by atoms with Crippen molar-refractivity contribution >= 4 is 23.1 Å². The molecule has 0 radical (unpaired) electrons. The molecule has 2 amide bonds. The van der Waals surface area contributed by atoms with Crippen LogP contribution in [0.15, 0.2) is 17.2 Å². The summed E-state index contributed by atoms with van der Waals surface area (Å²) < 4.78 is 48.0. The molecule has 2 aromatic rings. The minimum Gasteiger partial charge on any atom is -0.588 e. The van der Waals surface area contributed by atoms with Crippen molar-refractivity contribution in [2.75, 3.05) is 11.9 Å². The molecule has 5 rings (SSSR count). The Balaban J connectivity index is 1.35. The highest BCUT2D eigenvalue weighted by atomic mass is 32.2. The Morgan fingerprint density at radius 1 is 1.37 bits per heavy atom. The molecule has 2 unspecified atom stereocenters. The van der Waals surface area contributed by atoms with Gasteiger partial charge in [0.15, 0.2) is 6.61 Å².